The number of imidazole rings is 4. The Bertz CT molecular complexity index is 9460. The molecule has 0 bridgehead atoms. The number of fused-ring (bicyclic) bond motifs is 60. The highest BCUT2D eigenvalue weighted by molar-refractivity contribution is 6.18. The first-order valence-corrected chi connectivity index (χ1v) is 48.1. The number of nitrogens with zero attached hydrogens (tertiary/aromatic N) is 16. The van der Waals surface area contributed by atoms with Crippen LogP contribution in [0.2, 0.25) is 0 Å². The van der Waals surface area contributed by atoms with Gasteiger partial charge in [-0.3, -0.25) is 57.5 Å². The Morgan fingerprint density at radius 2 is 0.443 bits per heavy atom. The van der Waals surface area contributed by atoms with Crippen LogP contribution in [0.3, 0.4) is 0 Å². The molecule has 0 N–H and O–H groups in total. The third-order valence-corrected chi connectivity index (χ3v) is 32.1. The summed E-state index contributed by atoms with van der Waals surface area (Å²) in [6, 6.07) is 93.2. The molecule has 8 aliphatic rings. The molecule has 0 saturated heterocycles. The smallest absolute Gasteiger partial charge is 0.165 e. The molecular formula is C124H72N16. The van der Waals surface area contributed by atoms with E-state index in [0.29, 0.717) is 0 Å². The van der Waals surface area contributed by atoms with Crippen LogP contribution in [0.4, 0.5) is 0 Å². The molecule has 140 heavy (non-hydrogen) atoms. The summed E-state index contributed by atoms with van der Waals surface area (Å²) in [6.07, 6.45) is 34.4. The van der Waals surface area contributed by atoms with Crippen LogP contribution in [0.15, 0.2) is 342 Å². The minimum Gasteiger partial charge on any atom is -0.290 e. The van der Waals surface area contributed by atoms with Crippen molar-refractivity contribution < 1.29 is 0 Å². The van der Waals surface area contributed by atoms with E-state index in [1.54, 1.807) is 0 Å². The van der Waals surface area contributed by atoms with Gasteiger partial charge < -0.3 is 0 Å². The van der Waals surface area contributed by atoms with E-state index < -0.39 is 0 Å². The highest BCUT2D eigenvalue weighted by Crippen LogP contribution is 2.55. The molecule has 36 rings (SSSR count). The molecule has 0 spiro atoms. The predicted octanol–water partition coefficient (Wildman–Crippen LogP) is 26.9. The molecule has 16 aromatic heterocycles. The van der Waals surface area contributed by atoms with Crippen molar-refractivity contribution in [3.63, 3.8) is 0 Å². The average Bonchev–Trinajstić information content (AvgIpc) is 1.55. The molecule has 648 valence electrons. The summed E-state index contributed by atoms with van der Waals surface area (Å²) in [5.74, 6) is 0. The molecule has 0 fully saturated rings. The van der Waals surface area contributed by atoms with Gasteiger partial charge >= 0.3 is 0 Å². The van der Waals surface area contributed by atoms with E-state index in [1.807, 2.05) is 98.9 Å². The third kappa shape index (κ3) is 10.3. The summed E-state index contributed by atoms with van der Waals surface area (Å²) in [5, 5.41) is 11.2. The lowest BCUT2D eigenvalue weighted by molar-refractivity contribution is 1.16. The van der Waals surface area contributed by atoms with Crippen molar-refractivity contribution in [3.05, 3.63) is 431 Å². The van der Waals surface area contributed by atoms with Gasteiger partial charge in [-0.1, -0.05) is 152 Å². The number of pyridine rings is 12. The molecule has 0 atom stereocenters. The molecule has 0 radical (unpaired) electrons. The maximum absolute atomic E-state index is 5.15. The molecule has 8 aliphatic carbocycles. The Balaban J connectivity index is 0.0000000829. The van der Waals surface area contributed by atoms with Crippen LogP contribution in [0, 0.1) is 0 Å². The van der Waals surface area contributed by atoms with Crippen molar-refractivity contribution in [1.29, 1.82) is 0 Å². The second kappa shape index (κ2) is 27.7. The van der Waals surface area contributed by atoms with Crippen molar-refractivity contribution in [1.82, 2.24) is 77.4 Å². The lowest BCUT2D eigenvalue weighted by Crippen LogP contribution is -1.93. The monoisotopic (exact) mass is 1780 g/mol. The quantitative estimate of drug-likeness (QED) is 0.132. The Morgan fingerprint density at radius 3 is 0.843 bits per heavy atom. The van der Waals surface area contributed by atoms with Gasteiger partial charge in [0, 0.05) is 110 Å². The minimum absolute atomic E-state index is 0.893. The second-order valence-corrected chi connectivity index (χ2v) is 38.8. The van der Waals surface area contributed by atoms with Crippen LogP contribution in [0.5, 0.6) is 0 Å². The normalized spacial score (nSPS) is 13.5. The van der Waals surface area contributed by atoms with E-state index in [9.17, 15) is 0 Å². The summed E-state index contributed by atoms with van der Waals surface area (Å²) in [5.41, 5.74) is 63.6. The van der Waals surface area contributed by atoms with E-state index in [4.69, 9.17) is 29.9 Å². The molecule has 12 aromatic carbocycles. The fraction of sp³-hybridized carbons (Fsp3) is 0.0645. The third-order valence-electron chi connectivity index (χ3n) is 32.1. The summed E-state index contributed by atoms with van der Waals surface area (Å²) >= 11 is 0. The summed E-state index contributed by atoms with van der Waals surface area (Å²) in [4.78, 5) is 56.6. The SMILES string of the molecule is c1ccc2c(c1)Cc1c-2ccc2c1Cc1cc3nc4c5cccnc5c5ccncc5n4c3cc1-2.c1ccc2c(c1)Cc1c-2ccc2c1Cc1cc3nc4c5ccncc5c5ccncc5n4c3cc1-2.c1ccc2c(c1)Cc1c-2ccc2c1Cc1cc3nc4c5cnccc5c5ccncc5n4c3cc1-2.c1ccc2c(c1)Cc1c-2ccc2c1Cc1cc3nc4c5ncccc5c5ccncc5n4c3cc1-2. The topological polar surface area (TPSA) is 172 Å². The highest BCUT2D eigenvalue weighted by atomic mass is 15.1. The Kier molecular flexibility index (Phi) is 14.9. The zero-order chi connectivity index (χ0) is 90.7. The van der Waals surface area contributed by atoms with Crippen LogP contribution in [0.1, 0.15) is 89.0 Å². The molecule has 16 nitrogen and oxygen atoms in total. The minimum atomic E-state index is 0.893. The Hall–Kier alpha value is -18.3. The van der Waals surface area contributed by atoms with Gasteiger partial charge in [0.05, 0.1) is 96.5 Å². The lowest BCUT2D eigenvalue weighted by atomic mass is 9.96. The first-order valence-electron chi connectivity index (χ1n) is 48.1. The summed E-state index contributed by atoms with van der Waals surface area (Å²) in [7, 11) is 0. The van der Waals surface area contributed by atoms with Gasteiger partial charge in [0.15, 0.2) is 5.65 Å². The predicted molar refractivity (Wildman–Crippen MR) is 559 cm³/mol. The molecule has 0 aliphatic heterocycles. The van der Waals surface area contributed by atoms with E-state index >= 15 is 0 Å². The Morgan fingerprint density at radius 1 is 0.164 bits per heavy atom. The van der Waals surface area contributed by atoms with Crippen LogP contribution in [-0.2, 0) is 51.4 Å². The van der Waals surface area contributed by atoms with Crippen LogP contribution < -0.4 is 0 Å². The van der Waals surface area contributed by atoms with Gasteiger partial charge in [0.2, 0.25) is 0 Å². The number of hydrogen-bond acceptors (Lipinski definition) is 12. The Labute approximate surface area is 796 Å². The number of hydrogen-bond donors (Lipinski definition) is 0. The first kappa shape index (κ1) is 75.1. The van der Waals surface area contributed by atoms with Gasteiger partial charge in [-0.05, 0) is 338 Å². The van der Waals surface area contributed by atoms with Crippen LogP contribution >= 0.6 is 0 Å². The largest absolute Gasteiger partial charge is 0.290 e. The maximum Gasteiger partial charge on any atom is 0.165 e. The van der Waals surface area contributed by atoms with Gasteiger partial charge in [0.1, 0.15) is 22.5 Å². The fourth-order valence-electron chi connectivity index (χ4n) is 26.0. The molecule has 28 aromatic rings. The zero-order valence-electron chi connectivity index (χ0n) is 75.1. The van der Waals surface area contributed by atoms with E-state index in [1.165, 1.54) is 183 Å². The van der Waals surface area contributed by atoms with Crippen molar-refractivity contribution in [3.8, 4) is 89.0 Å². The molecular weight excluding hydrogens is 1710 g/mol. The molecule has 16 heterocycles. The molecule has 0 unspecified atom stereocenters. The summed E-state index contributed by atoms with van der Waals surface area (Å²) < 4.78 is 9.06. The van der Waals surface area contributed by atoms with E-state index in [-0.39, 0.29) is 0 Å². The van der Waals surface area contributed by atoms with Crippen molar-refractivity contribution in [2.75, 3.05) is 0 Å². The number of rotatable bonds is 0. The van der Waals surface area contributed by atoms with Gasteiger partial charge in [-0.15, -0.1) is 0 Å². The van der Waals surface area contributed by atoms with Crippen LogP contribution in [0.25, 0.3) is 243 Å². The first-order chi connectivity index (χ1) is 69.4. The van der Waals surface area contributed by atoms with Crippen molar-refractivity contribution >= 4 is 154 Å². The van der Waals surface area contributed by atoms with Gasteiger partial charge in [0.25, 0.3) is 0 Å². The standard InChI is InChI=1S/4C31H18N4/c1-2-5-19-17(4-1)12-25-20(19)7-8-21-24-15-28-27(14-18(24)13-26(21)25)34-31-23-6-3-10-33-30(23)22-9-11-32-16-29(22)35(28)31;1-2-5-19-17(4-1)12-25-20(19)7-8-21-24-15-28-27(14-18(24)13-26(21)25)34-31-30-23(6-3-10-33-30)22-9-11-32-16-29(22)35(28)31;1-2-4-19-17(3-1)11-25-20(19)5-6-21-24-14-29-28(13-18(24)12-26(21)25)34-31-23-8-10-32-15-27(23)22-7-9-33-16-30(22)35(29)31;1-2-4-19-17(3-1)11-25-20(19)5-6-21-24-14-29-28(13-18(24)12-26(21)25)34-31-27-15-32-9-7-22(27)23-8-10-33-16-30(23)35(29)31/h2*1-11,14-16H,12-13H2;2*1-10,13-16H,11-12H2. The fourth-order valence-corrected chi connectivity index (χ4v) is 26.0. The van der Waals surface area contributed by atoms with Crippen LogP contribution in [-0.4, -0.2) is 77.4 Å². The van der Waals surface area contributed by atoms with Crippen molar-refractivity contribution in [2.24, 2.45) is 0 Å². The zero-order valence-corrected chi connectivity index (χ0v) is 75.1. The highest BCUT2D eigenvalue weighted by Gasteiger charge is 2.36. The average molecular weight is 1790 g/mol. The number of benzene rings is 12. The second-order valence-electron chi connectivity index (χ2n) is 38.8. The van der Waals surface area contributed by atoms with Gasteiger partial charge in [-0.2, -0.15) is 0 Å². The molecule has 0 amide bonds. The number of aromatic nitrogens is 16. The van der Waals surface area contributed by atoms with Gasteiger partial charge in [-0.25, -0.2) is 19.9 Å². The van der Waals surface area contributed by atoms with E-state index in [0.717, 1.165) is 200 Å². The lowest BCUT2D eigenvalue weighted by Gasteiger charge is -2.09. The maximum atomic E-state index is 5.15. The molecule has 0 saturated carbocycles. The van der Waals surface area contributed by atoms with Crippen molar-refractivity contribution in [2.45, 2.75) is 51.4 Å². The molecule has 16 heteroatoms. The summed E-state index contributed by atoms with van der Waals surface area (Å²) in [6.45, 7) is 0. The van der Waals surface area contributed by atoms with E-state index in [2.05, 4.69) is 290 Å².